The van der Waals surface area contributed by atoms with Gasteiger partial charge in [-0.1, -0.05) is 12.8 Å². The van der Waals surface area contributed by atoms with Gasteiger partial charge in [-0.05, 0) is 52.4 Å². The summed E-state index contributed by atoms with van der Waals surface area (Å²) < 4.78 is 5.45. The van der Waals surface area contributed by atoms with E-state index < -0.39 is 5.60 Å². The van der Waals surface area contributed by atoms with Crippen LogP contribution in [0, 0.1) is 5.92 Å². The largest absolute Gasteiger partial charge is 0.444 e. The molecule has 0 radical (unpaired) electrons. The molecule has 1 unspecified atom stereocenters. The van der Waals surface area contributed by atoms with E-state index in [0.29, 0.717) is 37.0 Å². The van der Waals surface area contributed by atoms with Gasteiger partial charge in [0, 0.05) is 31.6 Å². The van der Waals surface area contributed by atoms with Crippen LogP contribution >= 0.6 is 0 Å². The van der Waals surface area contributed by atoms with Crippen molar-refractivity contribution in [3.8, 4) is 0 Å². The van der Waals surface area contributed by atoms with E-state index in [2.05, 4.69) is 4.90 Å². The summed E-state index contributed by atoms with van der Waals surface area (Å²) in [6.45, 7) is 7.07. The number of amides is 2. The van der Waals surface area contributed by atoms with E-state index in [1.54, 1.807) is 4.90 Å². The molecule has 0 aromatic carbocycles. The number of nitrogens with zero attached hydrogens (tertiary/aromatic N) is 2. The molecule has 23 heavy (non-hydrogen) atoms. The molecule has 2 amide bonds. The minimum absolute atomic E-state index is 0.223. The monoisotopic (exact) mass is 322 g/mol. The van der Waals surface area contributed by atoms with Gasteiger partial charge in [0.15, 0.2) is 0 Å². The molecule has 2 atom stereocenters. The molecule has 2 aliphatic heterocycles. The number of hydrogen-bond acceptors (Lipinski definition) is 3. The standard InChI is InChI=1S/C18H30N2O3/c1-18(2,3)23-17(22)19-10-8-14(9-11-19)20-15-7-5-4-6-13(15)12-16(20)21/h13-15H,4-12H2,1-3H3/t13?,15-/m1/s1. The molecule has 0 N–H and O–H groups in total. The minimum atomic E-state index is -0.450. The van der Waals surface area contributed by atoms with Crippen molar-refractivity contribution in [2.45, 2.75) is 83.4 Å². The van der Waals surface area contributed by atoms with Crippen molar-refractivity contribution in [3.05, 3.63) is 0 Å². The second-order valence-electron chi connectivity index (χ2n) is 8.32. The Kier molecular flexibility index (Phi) is 4.56. The lowest BCUT2D eigenvalue weighted by Crippen LogP contribution is -2.51. The third-order valence-electron chi connectivity index (χ3n) is 5.46. The molecule has 1 saturated carbocycles. The summed E-state index contributed by atoms with van der Waals surface area (Å²) in [4.78, 5) is 28.6. The number of hydrogen-bond donors (Lipinski definition) is 0. The number of fused-ring (bicyclic) bond motifs is 1. The van der Waals surface area contributed by atoms with Crippen LogP contribution in [0.25, 0.3) is 0 Å². The van der Waals surface area contributed by atoms with Crippen molar-refractivity contribution in [1.29, 1.82) is 0 Å². The van der Waals surface area contributed by atoms with Crippen LogP contribution in [0.4, 0.5) is 4.79 Å². The second kappa shape index (κ2) is 6.33. The van der Waals surface area contributed by atoms with Crippen LogP contribution in [0.1, 0.15) is 65.7 Å². The summed E-state index contributed by atoms with van der Waals surface area (Å²) in [6, 6.07) is 0.781. The van der Waals surface area contributed by atoms with Gasteiger partial charge in [0.25, 0.3) is 0 Å². The van der Waals surface area contributed by atoms with Gasteiger partial charge in [0.05, 0.1) is 0 Å². The Bertz CT molecular complexity index is 463. The maximum Gasteiger partial charge on any atom is 0.410 e. The Morgan fingerprint density at radius 2 is 1.74 bits per heavy atom. The molecule has 2 saturated heterocycles. The first-order valence-corrected chi connectivity index (χ1v) is 9.14. The smallest absolute Gasteiger partial charge is 0.410 e. The number of ether oxygens (including phenoxy) is 1. The van der Waals surface area contributed by atoms with Crippen LogP contribution in [-0.4, -0.2) is 52.6 Å². The predicted octanol–water partition coefficient (Wildman–Crippen LogP) is 3.18. The Hall–Kier alpha value is -1.26. The Labute approximate surface area is 139 Å². The molecule has 3 fully saturated rings. The molecule has 1 aliphatic carbocycles. The highest BCUT2D eigenvalue weighted by atomic mass is 16.6. The summed E-state index contributed by atoms with van der Waals surface area (Å²) in [5.41, 5.74) is -0.450. The highest BCUT2D eigenvalue weighted by molar-refractivity contribution is 5.80. The molecule has 0 aromatic heterocycles. The van der Waals surface area contributed by atoms with Crippen molar-refractivity contribution in [3.63, 3.8) is 0 Å². The number of carbonyl (C=O) groups is 2. The number of piperidine rings is 1. The average Bonchev–Trinajstić information content (AvgIpc) is 2.81. The molecule has 3 aliphatic rings. The fourth-order valence-corrected chi connectivity index (χ4v) is 4.43. The normalized spacial score (nSPS) is 29.6. The van der Waals surface area contributed by atoms with E-state index in [9.17, 15) is 9.59 Å². The van der Waals surface area contributed by atoms with E-state index in [4.69, 9.17) is 4.74 Å². The van der Waals surface area contributed by atoms with Gasteiger partial charge in [-0.2, -0.15) is 0 Å². The van der Waals surface area contributed by atoms with Gasteiger partial charge in [-0.3, -0.25) is 4.79 Å². The molecular weight excluding hydrogens is 292 g/mol. The first-order chi connectivity index (χ1) is 10.8. The zero-order chi connectivity index (χ0) is 16.6. The van der Waals surface area contributed by atoms with Crippen LogP contribution in [0.15, 0.2) is 0 Å². The first kappa shape index (κ1) is 16.6. The van der Waals surface area contributed by atoms with Crippen molar-refractivity contribution in [1.82, 2.24) is 9.80 Å². The lowest BCUT2D eigenvalue weighted by molar-refractivity contribution is -0.132. The zero-order valence-corrected chi connectivity index (χ0v) is 14.7. The highest BCUT2D eigenvalue weighted by Gasteiger charge is 2.44. The van der Waals surface area contributed by atoms with E-state index >= 15 is 0 Å². The lowest BCUT2D eigenvalue weighted by Gasteiger charge is -2.41. The van der Waals surface area contributed by atoms with Crippen molar-refractivity contribution in [2.24, 2.45) is 5.92 Å². The molecule has 130 valence electrons. The van der Waals surface area contributed by atoms with Crippen molar-refractivity contribution >= 4 is 12.0 Å². The van der Waals surface area contributed by atoms with Gasteiger partial charge in [0.1, 0.15) is 5.60 Å². The van der Waals surface area contributed by atoms with Crippen LogP contribution in [0.2, 0.25) is 0 Å². The maximum atomic E-state index is 12.5. The fourth-order valence-electron chi connectivity index (χ4n) is 4.43. The van der Waals surface area contributed by atoms with Crippen molar-refractivity contribution in [2.75, 3.05) is 13.1 Å². The molecule has 0 bridgehead atoms. The summed E-state index contributed by atoms with van der Waals surface area (Å²) in [6.07, 6.45) is 7.20. The summed E-state index contributed by atoms with van der Waals surface area (Å²) >= 11 is 0. The third-order valence-corrected chi connectivity index (χ3v) is 5.46. The van der Waals surface area contributed by atoms with Crippen LogP contribution < -0.4 is 0 Å². The summed E-state index contributed by atoms with van der Waals surface area (Å²) in [5, 5.41) is 0. The highest BCUT2D eigenvalue weighted by Crippen LogP contribution is 2.39. The zero-order valence-electron chi connectivity index (χ0n) is 14.7. The Morgan fingerprint density at radius 1 is 1.09 bits per heavy atom. The van der Waals surface area contributed by atoms with E-state index in [0.717, 1.165) is 19.3 Å². The molecular formula is C18H30N2O3. The van der Waals surface area contributed by atoms with Gasteiger partial charge >= 0.3 is 6.09 Å². The number of carbonyl (C=O) groups excluding carboxylic acids is 2. The molecule has 0 spiro atoms. The van der Waals surface area contributed by atoms with Gasteiger partial charge < -0.3 is 14.5 Å². The summed E-state index contributed by atoms with van der Waals surface area (Å²) in [7, 11) is 0. The average molecular weight is 322 g/mol. The van der Waals surface area contributed by atoms with E-state index in [1.165, 1.54) is 25.7 Å². The van der Waals surface area contributed by atoms with Crippen LogP contribution in [-0.2, 0) is 9.53 Å². The third kappa shape index (κ3) is 3.64. The van der Waals surface area contributed by atoms with E-state index in [1.807, 2.05) is 20.8 Å². The van der Waals surface area contributed by atoms with E-state index in [-0.39, 0.29) is 6.09 Å². The molecule has 2 heterocycles. The van der Waals surface area contributed by atoms with Crippen LogP contribution in [0.3, 0.4) is 0 Å². The summed E-state index contributed by atoms with van der Waals surface area (Å²) in [5.74, 6) is 0.928. The quantitative estimate of drug-likeness (QED) is 0.745. The van der Waals surface area contributed by atoms with Gasteiger partial charge in [-0.15, -0.1) is 0 Å². The predicted molar refractivity (Wildman–Crippen MR) is 88.0 cm³/mol. The Morgan fingerprint density at radius 3 is 2.39 bits per heavy atom. The molecule has 0 aromatic rings. The van der Waals surface area contributed by atoms with Gasteiger partial charge in [0.2, 0.25) is 5.91 Å². The number of rotatable bonds is 1. The maximum absolute atomic E-state index is 12.5. The van der Waals surface area contributed by atoms with Gasteiger partial charge in [-0.25, -0.2) is 4.79 Å². The first-order valence-electron chi connectivity index (χ1n) is 9.14. The minimum Gasteiger partial charge on any atom is -0.444 e. The van der Waals surface area contributed by atoms with Crippen molar-refractivity contribution < 1.29 is 14.3 Å². The molecule has 5 heteroatoms. The van der Waals surface area contributed by atoms with Crippen LogP contribution in [0.5, 0.6) is 0 Å². The molecule has 3 rings (SSSR count). The lowest BCUT2D eigenvalue weighted by atomic mass is 9.84. The Balaban J connectivity index is 1.56. The topological polar surface area (TPSA) is 49.9 Å². The second-order valence-corrected chi connectivity index (χ2v) is 8.32. The fraction of sp³-hybridized carbons (Fsp3) is 0.889. The number of likely N-dealkylation sites (tertiary alicyclic amines) is 2. The SMILES string of the molecule is CC(C)(C)OC(=O)N1CCC(N2C(=O)CC3CCCC[C@H]32)CC1. The molecule has 5 nitrogen and oxygen atoms in total.